The summed E-state index contributed by atoms with van der Waals surface area (Å²) in [6, 6.07) is 4.87. The van der Waals surface area contributed by atoms with E-state index in [0.29, 0.717) is 37.0 Å². The van der Waals surface area contributed by atoms with E-state index in [1.165, 1.54) is 12.3 Å². The lowest BCUT2D eigenvalue weighted by atomic mass is 10.0. The van der Waals surface area contributed by atoms with Crippen LogP contribution in [-0.4, -0.2) is 65.5 Å². The average Bonchev–Trinajstić information content (AvgIpc) is 3.33. The second-order valence-corrected chi connectivity index (χ2v) is 9.60. The molecule has 1 aromatic carbocycles. The fourth-order valence-corrected chi connectivity index (χ4v) is 4.80. The minimum Gasteiger partial charge on any atom is -0.381 e. The number of piperazine rings is 1. The molecule has 2 aromatic rings. The van der Waals surface area contributed by atoms with Crippen LogP contribution in [-0.2, 0) is 16.1 Å². The smallest absolute Gasteiger partial charge is 0.257 e. The maximum atomic E-state index is 13.8. The molecule has 1 N–H and O–H groups in total. The van der Waals surface area contributed by atoms with Gasteiger partial charge >= 0.3 is 0 Å². The first-order valence-electron chi connectivity index (χ1n) is 11.6. The van der Waals surface area contributed by atoms with Crippen LogP contribution >= 0.6 is 11.6 Å². The number of nitrogens with one attached hydrogen (secondary N) is 1. The molecule has 2 atom stereocenters. The molecule has 2 fully saturated rings. The van der Waals surface area contributed by atoms with Crippen molar-refractivity contribution in [2.75, 3.05) is 38.2 Å². The Morgan fingerprint density at radius 1 is 1.26 bits per heavy atom. The number of ether oxygens (including phenoxy) is 1. The van der Waals surface area contributed by atoms with Crippen LogP contribution in [0.1, 0.15) is 40.5 Å². The highest BCUT2D eigenvalue weighted by molar-refractivity contribution is 6.31. The number of hydrogen-bond donors (Lipinski definition) is 1. The largest absolute Gasteiger partial charge is 0.381 e. The molecule has 1 aromatic heterocycles. The molecule has 182 valence electrons. The Bertz CT molecular complexity index is 1090. The Hall–Kier alpha value is -2.55. The Morgan fingerprint density at radius 2 is 2.06 bits per heavy atom. The summed E-state index contributed by atoms with van der Waals surface area (Å²) in [6.45, 7) is 9.56. The molecule has 0 spiro atoms. The zero-order chi connectivity index (χ0) is 24.4. The van der Waals surface area contributed by atoms with E-state index < -0.39 is 11.7 Å². The average molecular weight is 489 g/mol. The summed E-state index contributed by atoms with van der Waals surface area (Å²) >= 11 is 6.37. The summed E-state index contributed by atoms with van der Waals surface area (Å²) < 4.78 is 19.2. The summed E-state index contributed by atoms with van der Waals surface area (Å²) in [5.74, 6) is -0.800. The molecule has 7 nitrogen and oxygen atoms in total. The predicted molar refractivity (Wildman–Crippen MR) is 128 cm³/mol. The van der Waals surface area contributed by atoms with E-state index in [1.54, 1.807) is 13.0 Å². The normalized spacial score (nSPS) is 21.0. The van der Waals surface area contributed by atoms with Crippen LogP contribution < -0.4 is 5.32 Å². The molecule has 0 radical (unpaired) electrons. The maximum absolute atomic E-state index is 13.8. The second kappa shape index (κ2) is 10.4. The van der Waals surface area contributed by atoms with E-state index in [4.69, 9.17) is 16.3 Å². The van der Waals surface area contributed by atoms with Gasteiger partial charge in [-0.25, -0.2) is 4.39 Å². The topological polar surface area (TPSA) is 74.8 Å². The molecule has 9 heteroatoms. The number of benzene rings is 1. The number of hydrogen-bond acceptors (Lipinski definition) is 5. The van der Waals surface area contributed by atoms with Gasteiger partial charge in [-0.3, -0.25) is 19.5 Å². The third kappa shape index (κ3) is 5.40. The molecule has 0 aliphatic carbocycles. The van der Waals surface area contributed by atoms with Crippen molar-refractivity contribution < 1.29 is 18.7 Å². The molecule has 0 bridgehead atoms. The Labute approximate surface area is 204 Å². The summed E-state index contributed by atoms with van der Waals surface area (Å²) in [5, 5.41) is 3.35. The quantitative estimate of drug-likeness (QED) is 0.692. The van der Waals surface area contributed by atoms with Crippen molar-refractivity contribution in [3.63, 3.8) is 0 Å². The summed E-state index contributed by atoms with van der Waals surface area (Å²) in [7, 11) is 0. The van der Waals surface area contributed by atoms with E-state index in [0.717, 1.165) is 30.6 Å². The van der Waals surface area contributed by atoms with Crippen LogP contribution in [0.2, 0.25) is 5.02 Å². The number of carbonyl (C=O) groups is 2. The molecule has 0 unspecified atom stereocenters. The molecular formula is C25H30ClFN4O3. The Balaban J connectivity index is 1.43. The molecule has 2 saturated heterocycles. The summed E-state index contributed by atoms with van der Waals surface area (Å²) in [6.07, 6.45) is 2.15. The molecule has 2 aliphatic rings. The molecule has 0 saturated carbocycles. The van der Waals surface area contributed by atoms with Gasteiger partial charge in [0, 0.05) is 55.7 Å². The first-order valence-corrected chi connectivity index (χ1v) is 11.9. The van der Waals surface area contributed by atoms with Gasteiger partial charge in [-0.05, 0) is 56.5 Å². The van der Waals surface area contributed by atoms with Crippen LogP contribution in [0.5, 0.6) is 0 Å². The highest BCUT2D eigenvalue weighted by Crippen LogP contribution is 2.28. The van der Waals surface area contributed by atoms with Crippen molar-refractivity contribution in [1.82, 2.24) is 14.8 Å². The van der Waals surface area contributed by atoms with Crippen molar-refractivity contribution in [2.24, 2.45) is 5.92 Å². The number of pyridine rings is 1. The number of anilines is 1. The maximum Gasteiger partial charge on any atom is 0.257 e. The fraction of sp³-hybridized carbons (Fsp3) is 0.480. The third-order valence-electron chi connectivity index (χ3n) is 6.68. The lowest BCUT2D eigenvalue weighted by molar-refractivity contribution is -0.140. The van der Waals surface area contributed by atoms with E-state index in [1.807, 2.05) is 17.9 Å². The number of aryl methyl sites for hydroxylation is 1. The molecule has 34 heavy (non-hydrogen) atoms. The number of aromatic nitrogens is 1. The zero-order valence-corrected chi connectivity index (χ0v) is 20.5. The SMILES string of the molecule is Cc1ncc(C(=O)Nc2cc(Cl)cc(CN3CCN(C(=O)[C@H]4CCOC4)[C@H](C)C3)c2C)cc1F. The van der Waals surface area contributed by atoms with Crippen molar-refractivity contribution in [3.8, 4) is 0 Å². The third-order valence-corrected chi connectivity index (χ3v) is 6.90. The Morgan fingerprint density at radius 3 is 2.74 bits per heavy atom. The fourth-order valence-electron chi connectivity index (χ4n) is 4.56. The number of amides is 2. The lowest BCUT2D eigenvalue weighted by Gasteiger charge is -2.41. The number of halogens is 2. The van der Waals surface area contributed by atoms with Gasteiger partial charge in [-0.2, -0.15) is 0 Å². The molecule has 4 rings (SSSR count). The van der Waals surface area contributed by atoms with Gasteiger partial charge in [0.05, 0.1) is 23.8 Å². The van der Waals surface area contributed by atoms with E-state index in [9.17, 15) is 14.0 Å². The van der Waals surface area contributed by atoms with Gasteiger partial charge in [0.2, 0.25) is 5.91 Å². The molecule has 2 amide bonds. The monoisotopic (exact) mass is 488 g/mol. The van der Waals surface area contributed by atoms with Gasteiger partial charge in [0.1, 0.15) is 5.82 Å². The minimum absolute atomic E-state index is 0.0208. The van der Waals surface area contributed by atoms with Crippen molar-refractivity contribution >= 4 is 29.1 Å². The summed E-state index contributed by atoms with van der Waals surface area (Å²) in [4.78, 5) is 33.7. The van der Waals surface area contributed by atoms with E-state index in [2.05, 4.69) is 22.1 Å². The molecular weight excluding hydrogens is 459 g/mol. The van der Waals surface area contributed by atoms with Crippen molar-refractivity contribution in [1.29, 1.82) is 0 Å². The number of carbonyl (C=O) groups excluding carboxylic acids is 2. The van der Waals surface area contributed by atoms with Crippen LogP contribution in [0.25, 0.3) is 0 Å². The van der Waals surface area contributed by atoms with Gasteiger partial charge in [-0.1, -0.05) is 11.6 Å². The molecule has 2 aliphatic heterocycles. The zero-order valence-electron chi connectivity index (χ0n) is 19.7. The first kappa shape index (κ1) is 24.6. The van der Waals surface area contributed by atoms with Crippen molar-refractivity contribution in [2.45, 2.75) is 39.8 Å². The number of nitrogens with zero attached hydrogens (tertiary/aromatic N) is 3. The van der Waals surface area contributed by atoms with Gasteiger partial charge < -0.3 is 15.0 Å². The highest BCUT2D eigenvalue weighted by atomic mass is 35.5. The second-order valence-electron chi connectivity index (χ2n) is 9.16. The van der Waals surface area contributed by atoms with Gasteiger partial charge in [-0.15, -0.1) is 0 Å². The highest BCUT2D eigenvalue weighted by Gasteiger charge is 2.33. The van der Waals surface area contributed by atoms with Crippen molar-refractivity contribution in [3.05, 3.63) is 57.6 Å². The van der Waals surface area contributed by atoms with E-state index >= 15 is 0 Å². The summed E-state index contributed by atoms with van der Waals surface area (Å²) in [5.41, 5.74) is 2.85. The molecule has 3 heterocycles. The standard InChI is InChI=1S/C25H30ClFN4O3/c1-15-12-30(5-6-31(15)25(33)18-4-7-34-14-18)13-20-8-21(26)10-23(16(20)2)29-24(32)19-9-22(27)17(3)28-11-19/h8-11,15,18H,4-7,12-14H2,1-3H3,(H,29,32)/t15-,18+/m1/s1. The van der Waals surface area contributed by atoms with E-state index in [-0.39, 0.29) is 29.1 Å². The van der Waals surface area contributed by atoms with Crippen LogP contribution in [0.4, 0.5) is 10.1 Å². The van der Waals surface area contributed by atoms with Crippen LogP contribution in [0, 0.1) is 25.6 Å². The number of rotatable bonds is 5. The Kier molecular flexibility index (Phi) is 7.50. The first-order chi connectivity index (χ1) is 16.2. The van der Waals surface area contributed by atoms with Gasteiger partial charge in [0.15, 0.2) is 0 Å². The predicted octanol–water partition coefficient (Wildman–Crippen LogP) is 3.81. The van der Waals surface area contributed by atoms with Gasteiger partial charge in [0.25, 0.3) is 5.91 Å². The van der Waals surface area contributed by atoms with Crippen LogP contribution in [0.15, 0.2) is 24.4 Å². The van der Waals surface area contributed by atoms with Crippen LogP contribution in [0.3, 0.4) is 0 Å². The minimum atomic E-state index is -0.525. The lowest BCUT2D eigenvalue weighted by Crippen LogP contribution is -2.55.